The topological polar surface area (TPSA) is 67.6 Å². The number of alkyl halides is 3. The lowest BCUT2D eigenvalue weighted by Gasteiger charge is -2.39. The predicted octanol–water partition coefficient (Wildman–Crippen LogP) is 5.76. The zero-order valence-electron chi connectivity index (χ0n) is 17.4. The number of carbonyl (C=O) groups is 1. The average molecular weight is 484 g/mol. The highest BCUT2D eigenvalue weighted by atomic mass is 35.5. The first-order chi connectivity index (χ1) is 15.6. The van der Waals surface area contributed by atoms with Crippen molar-refractivity contribution in [2.24, 2.45) is 0 Å². The van der Waals surface area contributed by atoms with Gasteiger partial charge in [-0.05, 0) is 62.1 Å². The number of nitrogens with one attached hydrogen (secondary N) is 1. The monoisotopic (exact) mass is 483 g/mol. The number of halogens is 5. The Hall–Kier alpha value is -2.94. The molecule has 2 aliphatic rings. The van der Waals surface area contributed by atoms with Crippen molar-refractivity contribution < 1.29 is 27.1 Å². The lowest BCUT2D eigenvalue weighted by molar-refractivity contribution is -0.274. The normalized spacial score (nSPS) is 22.6. The van der Waals surface area contributed by atoms with Crippen LogP contribution < -0.4 is 15.8 Å². The summed E-state index contributed by atoms with van der Waals surface area (Å²) in [5, 5.41) is 3.10. The Bertz CT molecular complexity index is 1040. The van der Waals surface area contributed by atoms with Crippen molar-refractivity contribution in [3.8, 4) is 5.75 Å². The summed E-state index contributed by atoms with van der Waals surface area (Å²) in [6.07, 6.45) is 1.70. The second-order valence-corrected chi connectivity index (χ2v) is 8.66. The molecule has 2 aromatic rings. The number of piperidine rings is 1. The lowest BCUT2D eigenvalue weighted by Crippen LogP contribution is -2.44. The molecule has 2 heterocycles. The largest absolute Gasteiger partial charge is 0.573 e. The Balaban J connectivity index is 1.43. The minimum absolute atomic E-state index is 0.0330. The van der Waals surface area contributed by atoms with E-state index in [1.807, 2.05) is 0 Å². The van der Waals surface area contributed by atoms with Crippen LogP contribution in [0.4, 0.5) is 28.9 Å². The summed E-state index contributed by atoms with van der Waals surface area (Å²) in [4.78, 5) is 14.8. The predicted molar refractivity (Wildman–Crippen MR) is 118 cm³/mol. The molecular weight excluding hydrogens is 462 g/mol. The third-order valence-electron chi connectivity index (χ3n) is 6.00. The molecule has 2 saturated heterocycles. The van der Waals surface area contributed by atoms with Crippen molar-refractivity contribution in [3.05, 3.63) is 65.1 Å². The van der Waals surface area contributed by atoms with Gasteiger partial charge in [-0.1, -0.05) is 11.6 Å². The average Bonchev–Trinajstić information content (AvgIpc) is 2.97. The van der Waals surface area contributed by atoms with Crippen LogP contribution in [0.5, 0.6) is 5.75 Å². The van der Waals surface area contributed by atoms with Crippen molar-refractivity contribution >= 4 is 28.8 Å². The quantitative estimate of drug-likeness (QED) is 0.236. The van der Waals surface area contributed by atoms with Crippen molar-refractivity contribution in [3.63, 3.8) is 0 Å². The molecule has 33 heavy (non-hydrogen) atoms. The molecule has 3 atom stereocenters. The van der Waals surface area contributed by atoms with Crippen LogP contribution in [0, 0.1) is 5.82 Å². The van der Waals surface area contributed by atoms with Crippen LogP contribution in [0.2, 0.25) is 5.02 Å². The summed E-state index contributed by atoms with van der Waals surface area (Å²) < 4.78 is 54.8. The van der Waals surface area contributed by atoms with Gasteiger partial charge in [0.1, 0.15) is 11.6 Å². The number of hydrogen-bond donors (Lipinski definition) is 2. The van der Waals surface area contributed by atoms with E-state index in [1.54, 1.807) is 18.3 Å². The van der Waals surface area contributed by atoms with Gasteiger partial charge in [0.15, 0.2) is 5.78 Å². The van der Waals surface area contributed by atoms with Crippen molar-refractivity contribution in [1.29, 1.82) is 0 Å². The fourth-order valence-corrected chi connectivity index (χ4v) is 4.80. The summed E-state index contributed by atoms with van der Waals surface area (Å²) >= 11 is 5.77. The van der Waals surface area contributed by atoms with E-state index in [-0.39, 0.29) is 40.2 Å². The van der Waals surface area contributed by atoms with Crippen LogP contribution in [0.3, 0.4) is 0 Å². The Labute approximate surface area is 193 Å². The number of ether oxygens (including phenoxy) is 1. The second kappa shape index (κ2) is 9.13. The summed E-state index contributed by atoms with van der Waals surface area (Å²) in [6.45, 7) is 0. The molecule has 0 unspecified atom stereocenters. The first kappa shape index (κ1) is 23.2. The summed E-state index contributed by atoms with van der Waals surface area (Å²) in [7, 11) is 0. The summed E-state index contributed by atoms with van der Waals surface area (Å²) in [5.41, 5.74) is 6.52. The van der Waals surface area contributed by atoms with E-state index >= 15 is 0 Å². The van der Waals surface area contributed by atoms with Crippen LogP contribution in [-0.4, -0.2) is 35.2 Å². The van der Waals surface area contributed by atoms with Gasteiger partial charge in [-0.2, -0.15) is 0 Å². The molecule has 0 saturated carbocycles. The number of carbonyl (C=O) groups excluding carboxylic acids is 1. The van der Waals surface area contributed by atoms with Gasteiger partial charge in [-0.15, -0.1) is 13.2 Å². The third-order valence-corrected chi connectivity index (χ3v) is 6.29. The number of allylic oxidation sites excluding steroid dienone is 1. The van der Waals surface area contributed by atoms with Crippen molar-refractivity contribution in [1.82, 2.24) is 4.90 Å². The van der Waals surface area contributed by atoms with Gasteiger partial charge >= 0.3 is 6.36 Å². The molecule has 4 rings (SSSR count). The zero-order chi connectivity index (χ0) is 23.8. The van der Waals surface area contributed by atoms with Gasteiger partial charge in [0, 0.05) is 47.3 Å². The summed E-state index contributed by atoms with van der Waals surface area (Å²) in [6, 6.07) is 8.87. The third kappa shape index (κ3) is 5.52. The molecule has 176 valence electrons. The maximum absolute atomic E-state index is 13.1. The molecule has 2 aliphatic heterocycles. The number of ketones is 1. The van der Waals surface area contributed by atoms with E-state index < -0.39 is 17.9 Å². The van der Waals surface area contributed by atoms with Crippen LogP contribution >= 0.6 is 11.6 Å². The first-order valence-electron chi connectivity index (χ1n) is 10.5. The SMILES string of the molecule is Nc1cc(Cl)c(OC(F)(F)F)cc1C(=O)/C=C/N1[C@@H]2CC[C@H]1C[C@@H](Nc1ccc(F)cc1)C2. The Morgan fingerprint density at radius 1 is 1.15 bits per heavy atom. The van der Waals surface area contributed by atoms with Crippen LogP contribution in [-0.2, 0) is 0 Å². The van der Waals surface area contributed by atoms with E-state index in [2.05, 4.69) is 15.0 Å². The van der Waals surface area contributed by atoms with E-state index in [9.17, 15) is 22.4 Å². The Morgan fingerprint density at radius 3 is 2.39 bits per heavy atom. The molecule has 5 nitrogen and oxygen atoms in total. The van der Waals surface area contributed by atoms with Gasteiger partial charge in [-0.25, -0.2) is 4.39 Å². The second-order valence-electron chi connectivity index (χ2n) is 8.25. The highest BCUT2D eigenvalue weighted by Gasteiger charge is 2.39. The van der Waals surface area contributed by atoms with Gasteiger partial charge in [0.25, 0.3) is 0 Å². The number of nitrogens with two attached hydrogens (primary N) is 1. The Kier molecular flexibility index (Phi) is 6.43. The van der Waals surface area contributed by atoms with E-state index in [1.165, 1.54) is 18.2 Å². The molecule has 2 bridgehead atoms. The molecule has 2 fully saturated rings. The fourth-order valence-electron chi connectivity index (χ4n) is 4.58. The van der Waals surface area contributed by atoms with E-state index in [0.717, 1.165) is 43.5 Å². The highest BCUT2D eigenvalue weighted by molar-refractivity contribution is 6.32. The minimum atomic E-state index is -4.94. The Morgan fingerprint density at radius 2 is 1.79 bits per heavy atom. The van der Waals surface area contributed by atoms with Gasteiger partial charge in [0.2, 0.25) is 0 Å². The van der Waals surface area contributed by atoms with Gasteiger partial charge in [-0.3, -0.25) is 4.79 Å². The first-order valence-corrected chi connectivity index (χ1v) is 10.8. The number of nitrogens with zero attached hydrogens (tertiary/aromatic N) is 1. The zero-order valence-corrected chi connectivity index (χ0v) is 18.2. The summed E-state index contributed by atoms with van der Waals surface area (Å²) in [5.74, 6) is -1.51. The number of fused-ring (bicyclic) bond motifs is 2. The highest BCUT2D eigenvalue weighted by Crippen LogP contribution is 2.38. The van der Waals surface area contributed by atoms with Gasteiger partial charge in [0.05, 0.1) is 5.02 Å². The van der Waals surface area contributed by atoms with E-state index in [0.29, 0.717) is 0 Å². The number of benzene rings is 2. The molecule has 0 radical (unpaired) electrons. The maximum Gasteiger partial charge on any atom is 0.573 e. The maximum atomic E-state index is 13.1. The molecular formula is C23H22ClF4N3O2. The van der Waals surface area contributed by atoms with Crippen molar-refractivity contribution in [2.75, 3.05) is 11.1 Å². The number of hydrogen-bond acceptors (Lipinski definition) is 5. The molecule has 0 amide bonds. The molecule has 3 N–H and O–H groups in total. The van der Waals surface area contributed by atoms with Crippen LogP contribution in [0.1, 0.15) is 36.0 Å². The molecule has 10 heteroatoms. The molecule has 2 aromatic carbocycles. The minimum Gasteiger partial charge on any atom is -0.404 e. The number of nitrogen functional groups attached to an aromatic ring is 1. The van der Waals surface area contributed by atoms with Crippen LogP contribution in [0.25, 0.3) is 0 Å². The molecule has 0 spiro atoms. The standard InChI is InChI=1S/C23H22ClF4N3O2/c24-19-12-20(29)18(11-22(19)33-23(26,27)28)21(32)7-8-31-16-5-6-17(31)10-15(9-16)30-14-3-1-13(25)2-4-14/h1-4,7-8,11-12,15-17,30H,5-6,9-10,29H2/b8-7+/t15-,16+,17-. The number of rotatable bonds is 6. The van der Waals surface area contributed by atoms with Gasteiger partial charge < -0.3 is 20.7 Å². The fraction of sp³-hybridized carbons (Fsp3) is 0.348. The van der Waals surface area contributed by atoms with Crippen molar-refractivity contribution in [2.45, 2.75) is 50.2 Å². The molecule has 0 aliphatic carbocycles. The number of anilines is 2. The smallest absolute Gasteiger partial charge is 0.404 e. The lowest BCUT2D eigenvalue weighted by atomic mass is 9.97. The molecule has 0 aromatic heterocycles. The van der Waals surface area contributed by atoms with Crippen LogP contribution in [0.15, 0.2) is 48.7 Å². The van der Waals surface area contributed by atoms with E-state index in [4.69, 9.17) is 17.3 Å².